The van der Waals surface area contributed by atoms with Crippen LogP contribution < -0.4 is 9.47 Å². The van der Waals surface area contributed by atoms with E-state index in [1.807, 2.05) is 0 Å². The molecule has 1 N–H and O–H groups in total. The number of rotatable bonds is 9. The first kappa shape index (κ1) is 21.4. The van der Waals surface area contributed by atoms with E-state index < -0.39 is 5.97 Å². The van der Waals surface area contributed by atoms with Crippen molar-refractivity contribution >= 4 is 12.0 Å². The predicted molar refractivity (Wildman–Crippen MR) is 122 cm³/mol. The van der Waals surface area contributed by atoms with Gasteiger partial charge in [-0.1, -0.05) is 37.6 Å². The molecule has 4 rings (SSSR count). The third-order valence-corrected chi connectivity index (χ3v) is 6.16. The molecule has 0 bridgehead atoms. The van der Waals surface area contributed by atoms with Crippen LogP contribution in [0.3, 0.4) is 0 Å². The fourth-order valence-corrected chi connectivity index (χ4v) is 4.36. The van der Waals surface area contributed by atoms with Gasteiger partial charge in [0.25, 0.3) is 0 Å². The van der Waals surface area contributed by atoms with Crippen molar-refractivity contribution in [2.24, 2.45) is 5.92 Å². The Morgan fingerprint density at radius 2 is 1.90 bits per heavy atom. The Hall–Kier alpha value is -2.79. The van der Waals surface area contributed by atoms with Gasteiger partial charge in [-0.05, 0) is 59.7 Å². The van der Waals surface area contributed by atoms with E-state index in [0.717, 1.165) is 49.3 Å². The van der Waals surface area contributed by atoms with Crippen LogP contribution in [-0.2, 0) is 24.1 Å². The van der Waals surface area contributed by atoms with E-state index in [-0.39, 0.29) is 5.92 Å². The summed E-state index contributed by atoms with van der Waals surface area (Å²) in [4.78, 5) is 13.1. The summed E-state index contributed by atoms with van der Waals surface area (Å²) in [5.41, 5.74) is 6.10. The average molecular weight is 422 g/mol. The van der Waals surface area contributed by atoms with E-state index in [4.69, 9.17) is 14.6 Å². The molecule has 0 aromatic heterocycles. The van der Waals surface area contributed by atoms with Gasteiger partial charge in [0.05, 0.1) is 13.0 Å². The quantitative estimate of drug-likeness (QED) is 0.657. The fraction of sp³-hybridized carbons (Fsp3) is 0.423. The molecule has 2 heterocycles. The number of likely N-dealkylation sites (tertiary alicyclic amines) is 1. The molecule has 2 aromatic carbocycles. The molecule has 1 fully saturated rings. The van der Waals surface area contributed by atoms with Crippen LogP contribution >= 0.6 is 0 Å². The first-order valence-corrected chi connectivity index (χ1v) is 11.1. The number of benzene rings is 2. The SMILES string of the molecule is CCCc1ccc(CCc2ccc3c(c2)OCC(CN2CC(C(=O)O)C2)=C3)c(OC)c1. The third kappa shape index (κ3) is 5.10. The summed E-state index contributed by atoms with van der Waals surface area (Å²) < 4.78 is 11.6. The van der Waals surface area contributed by atoms with E-state index >= 15 is 0 Å². The highest BCUT2D eigenvalue weighted by atomic mass is 16.5. The van der Waals surface area contributed by atoms with E-state index in [1.54, 1.807) is 7.11 Å². The molecule has 164 valence electrons. The molecule has 0 saturated carbocycles. The van der Waals surface area contributed by atoms with Crippen molar-refractivity contribution in [2.75, 3.05) is 33.4 Å². The third-order valence-electron chi connectivity index (χ3n) is 6.16. The van der Waals surface area contributed by atoms with Gasteiger partial charge in [-0.3, -0.25) is 9.69 Å². The summed E-state index contributed by atoms with van der Waals surface area (Å²) in [5.74, 6) is 0.987. The van der Waals surface area contributed by atoms with Gasteiger partial charge in [0, 0.05) is 25.2 Å². The van der Waals surface area contributed by atoms with Gasteiger partial charge in [0.15, 0.2) is 0 Å². The van der Waals surface area contributed by atoms with Crippen molar-refractivity contribution < 1.29 is 19.4 Å². The topological polar surface area (TPSA) is 59.0 Å². The molecule has 2 aliphatic rings. The van der Waals surface area contributed by atoms with E-state index in [1.165, 1.54) is 22.3 Å². The number of aliphatic carboxylic acids is 1. The monoisotopic (exact) mass is 421 g/mol. The molecule has 0 amide bonds. The van der Waals surface area contributed by atoms with E-state index in [9.17, 15) is 4.79 Å². The molecule has 5 nitrogen and oxygen atoms in total. The average Bonchev–Trinajstić information content (AvgIpc) is 2.74. The van der Waals surface area contributed by atoms with Crippen LogP contribution in [0.2, 0.25) is 0 Å². The molecule has 1 saturated heterocycles. The van der Waals surface area contributed by atoms with Crippen LogP contribution in [0.15, 0.2) is 42.0 Å². The molecule has 0 spiro atoms. The molecule has 31 heavy (non-hydrogen) atoms. The largest absolute Gasteiger partial charge is 0.496 e. The van der Waals surface area contributed by atoms with Crippen LogP contribution in [0, 0.1) is 5.92 Å². The molecule has 0 unspecified atom stereocenters. The molecule has 0 radical (unpaired) electrons. The van der Waals surface area contributed by atoms with E-state index in [2.05, 4.69) is 54.3 Å². The summed E-state index contributed by atoms with van der Waals surface area (Å²) in [5, 5.41) is 9.02. The standard InChI is InChI=1S/C26H31NO4/c1-3-4-18-5-8-21(24(12-18)30-2)9-6-19-7-10-22-11-20(17-31-25(22)13-19)14-27-15-23(16-27)26(28)29/h5,7-8,10-13,23H,3-4,6,9,14-17H2,1-2H3,(H,28,29). The van der Waals surface area contributed by atoms with Crippen LogP contribution in [0.5, 0.6) is 11.5 Å². The summed E-state index contributed by atoms with van der Waals surface area (Å²) in [6.45, 7) is 4.79. The highest BCUT2D eigenvalue weighted by Crippen LogP contribution is 2.30. The summed E-state index contributed by atoms with van der Waals surface area (Å²) in [6, 6.07) is 13.0. The lowest BCUT2D eigenvalue weighted by Gasteiger charge is -2.37. The number of hydrogen-bond donors (Lipinski definition) is 1. The number of carboxylic acid groups (broad SMARTS) is 1. The number of ether oxygens (including phenoxy) is 2. The Labute approximate surface area is 184 Å². The van der Waals surface area contributed by atoms with Crippen LogP contribution in [0.25, 0.3) is 6.08 Å². The van der Waals surface area contributed by atoms with Crippen molar-refractivity contribution in [3.8, 4) is 11.5 Å². The van der Waals surface area contributed by atoms with Crippen molar-refractivity contribution in [3.63, 3.8) is 0 Å². The second kappa shape index (κ2) is 9.56. The maximum atomic E-state index is 11.0. The minimum absolute atomic E-state index is 0.221. The van der Waals surface area contributed by atoms with Crippen LogP contribution in [0.1, 0.15) is 35.6 Å². The summed E-state index contributed by atoms with van der Waals surface area (Å²) >= 11 is 0. The lowest BCUT2D eigenvalue weighted by atomic mass is 9.97. The number of carbonyl (C=O) groups is 1. The second-order valence-electron chi connectivity index (χ2n) is 8.59. The second-order valence-corrected chi connectivity index (χ2v) is 8.59. The van der Waals surface area contributed by atoms with Gasteiger partial charge in [-0.2, -0.15) is 0 Å². The van der Waals surface area contributed by atoms with E-state index in [0.29, 0.717) is 19.7 Å². The van der Waals surface area contributed by atoms with Gasteiger partial charge in [0.1, 0.15) is 18.1 Å². The Morgan fingerprint density at radius 3 is 2.65 bits per heavy atom. The number of fused-ring (bicyclic) bond motifs is 1. The summed E-state index contributed by atoms with van der Waals surface area (Å²) in [6.07, 6.45) is 6.25. The Morgan fingerprint density at radius 1 is 1.13 bits per heavy atom. The van der Waals surface area contributed by atoms with Gasteiger partial charge in [-0.15, -0.1) is 0 Å². The van der Waals surface area contributed by atoms with Gasteiger partial charge in [0.2, 0.25) is 0 Å². The number of aryl methyl sites for hydroxylation is 3. The van der Waals surface area contributed by atoms with Gasteiger partial charge in [-0.25, -0.2) is 0 Å². The van der Waals surface area contributed by atoms with Crippen molar-refractivity contribution in [1.82, 2.24) is 4.90 Å². The molecule has 2 aromatic rings. The van der Waals surface area contributed by atoms with Gasteiger partial charge >= 0.3 is 5.97 Å². The first-order valence-electron chi connectivity index (χ1n) is 11.1. The minimum Gasteiger partial charge on any atom is -0.496 e. The normalized spacial score (nSPS) is 16.1. The maximum absolute atomic E-state index is 11.0. The zero-order valence-corrected chi connectivity index (χ0v) is 18.4. The molecule has 5 heteroatoms. The fourth-order valence-electron chi connectivity index (χ4n) is 4.36. The van der Waals surface area contributed by atoms with Gasteiger partial charge < -0.3 is 14.6 Å². The number of methoxy groups -OCH3 is 1. The highest BCUT2D eigenvalue weighted by molar-refractivity contribution is 5.71. The Balaban J connectivity index is 1.36. The molecule has 0 aliphatic carbocycles. The first-order chi connectivity index (χ1) is 15.1. The number of carboxylic acids is 1. The lowest BCUT2D eigenvalue weighted by molar-refractivity contribution is -0.147. The molecule has 0 atom stereocenters. The Bertz CT molecular complexity index is 975. The number of hydrogen-bond acceptors (Lipinski definition) is 4. The van der Waals surface area contributed by atoms with Crippen molar-refractivity contribution in [2.45, 2.75) is 32.6 Å². The number of nitrogens with zero attached hydrogens (tertiary/aromatic N) is 1. The Kier molecular flexibility index (Phi) is 6.62. The molecule has 2 aliphatic heterocycles. The summed E-state index contributed by atoms with van der Waals surface area (Å²) in [7, 11) is 1.74. The van der Waals surface area contributed by atoms with Crippen molar-refractivity contribution in [1.29, 1.82) is 0 Å². The molecular weight excluding hydrogens is 390 g/mol. The van der Waals surface area contributed by atoms with Crippen LogP contribution in [0.4, 0.5) is 0 Å². The maximum Gasteiger partial charge on any atom is 0.309 e. The zero-order valence-electron chi connectivity index (χ0n) is 18.4. The smallest absolute Gasteiger partial charge is 0.309 e. The van der Waals surface area contributed by atoms with Crippen LogP contribution in [-0.4, -0.2) is 49.3 Å². The predicted octanol–water partition coefficient (Wildman–Crippen LogP) is 4.23. The van der Waals surface area contributed by atoms with Crippen molar-refractivity contribution in [3.05, 3.63) is 64.2 Å². The molecular formula is C26H31NO4. The minimum atomic E-state index is -0.697. The highest BCUT2D eigenvalue weighted by Gasteiger charge is 2.32. The zero-order chi connectivity index (χ0) is 21.8. The lowest BCUT2D eigenvalue weighted by Crippen LogP contribution is -2.51.